The summed E-state index contributed by atoms with van der Waals surface area (Å²) in [4.78, 5) is 37.5. The standard InChI is InChI=1S/C21H27N5O3/c1-14(27)22-16-9-6-8-15(12-16)19(28)25-10-7-11-26(25)20(29)17-13-18(21(2,3)4)23-24(17)5/h6,8-9,12-13H,7,10-11H2,1-5H3,(H,22,27). The first kappa shape index (κ1) is 20.6. The van der Waals surface area contributed by atoms with E-state index in [9.17, 15) is 14.4 Å². The molecule has 1 saturated heterocycles. The third-order valence-corrected chi connectivity index (χ3v) is 4.80. The minimum absolute atomic E-state index is 0.180. The quantitative estimate of drug-likeness (QED) is 0.862. The number of hydrazine groups is 1. The molecule has 1 aliphatic heterocycles. The summed E-state index contributed by atoms with van der Waals surface area (Å²) in [5.74, 6) is -0.737. The summed E-state index contributed by atoms with van der Waals surface area (Å²) in [6, 6.07) is 8.51. The predicted molar refractivity (Wildman–Crippen MR) is 109 cm³/mol. The van der Waals surface area contributed by atoms with Gasteiger partial charge in [0.25, 0.3) is 11.8 Å². The van der Waals surface area contributed by atoms with Crippen LogP contribution in [0.1, 0.15) is 60.7 Å². The van der Waals surface area contributed by atoms with Gasteiger partial charge in [0.2, 0.25) is 5.91 Å². The molecular weight excluding hydrogens is 370 g/mol. The van der Waals surface area contributed by atoms with Crippen LogP contribution in [0.2, 0.25) is 0 Å². The van der Waals surface area contributed by atoms with Gasteiger partial charge in [0, 0.05) is 43.7 Å². The minimum Gasteiger partial charge on any atom is -0.326 e. The van der Waals surface area contributed by atoms with E-state index in [2.05, 4.69) is 10.4 Å². The molecule has 1 fully saturated rings. The lowest BCUT2D eigenvalue weighted by Gasteiger charge is -2.28. The molecule has 154 valence electrons. The number of benzene rings is 1. The third kappa shape index (κ3) is 4.31. The predicted octanol–water partition coefficient (Wildman–Crippen LogP) is 2.58. The molecule has 3 rings (SSSR count). The second kappa shape index (κ2) is 7.69. The average Bonchev–Trinajstić information content (AvgIpc) is 3.26. The van der Waals surface area contributed by atoms with Crippen LogP contribution in [0.3, 0.4) is 0 Å². The Hall–Kier alpha value is -3.16. The van der Waals surface area contributed by atoms with E-state index < -0.39 is 0 Å². The number of nitrogens with zero attached hydrogens (tertiary/aromatic N) is 4. The molecule has 0 bridgehead atoms. The summed E-state index contributed by atoms with van der Waals surface area (Å²) < 4.78 is 1.57. The van der Waals surface area contributed by atoms with E-state index in [4.69, 9.17) is 0 Å². The minimum atomic E-state index is -0.277. The maximum Gasteiger partial charge on any atom is 0.290 e. The summed E-state index contributed by atoms with van der Waals surface area (Å²) in [5, 5.41) is 10.1. The van der Waals surface area contributed by atoms with Gasteiger partial charge < -0.3 is 5.32 Å². The maximum atomic E-state index is 13.2. The van der Waals surface area contributed by atoms with Crippen molar-refractivity contribution in [3.63, 3.8) is 0 Å². The van der Waals surface area contributed by atoms with Crippen LogP contribution in [0, 0.1) is 0 Å². The Morgan fingerprint density at radius 3 is 2.28 bits per heavy atom. The van der Waals surface area contributed by atoms with Crippen LogP contribution in [-0.4, -0.2) is 50.6 Å². The van der Waals surface area contributed by atoms with Gasteiger partial charge in [-0.05, 0) is 30.7 Å². The molecule has 1 aromatic heterocycles. The first-order valence-electron chi connectivity index (χ1n) is 9.64. The Kier molecular flexibility index (Phi) is 5.46. The van der Waals surface area contributed by atoms with E-state index in [0.717, 1.165) is 5.69 Å². The molecule has 0 spiro atoms. The second-order valence-electron chi connectivity index (χ2n) is 8.26. The largest absolute Gasteiger partial charge is 0.326 e. The van der Waals surface area contributed by atoms with Crippen molar-refractivity contribution in [3.05, 3.63) is 47.3 Å². The van der Waals surface area contributed by atoms with Gasteiger partial charge in [-0.25, -0.2) is 10.0 Å². The molecule has 1 aromatic carbocycles. The monoisotopic (exact) mass is 397 g/mol. The highest BCUT2D eigenvalue weighted by Crippen LogP contribution is 2.24. The van der Waals surface area contributed by atoms with E-state index in [1.807, 2.05) is 20.8 Å². The molecule has 29 heavy (non-hydrogen) atoms. The number of amides is 3. The van der Waals surface area contributed by atoms with Gasteiger partial charge in [-0.1, -0.05) is 26.8 Å². The van der Waals surface area contributed by atoms with Crippen LogP contribution in [-0.2, 0) is 17.3 Å². The Morgan fingerprint density at radius 2 is 1.69 bits per heavy atom. The van der Waals surface area contributed by atoms with Gasteiger partial charge >= 0.3 is 0 Å². The van der Waals surface area contributed by atoms with Crippen LogP contribution in [0.5, 0.6) is 0 Å². The lowest BCUT2D eigenvalue weighted by atomic mass is 9.92. The van der Waals surface area contributed by atoms with Crippen molar-refractivity contribution in [1.82, 2.24) is 19.8 Å². The SMILES string of the molecule is CC(=O)Nc1cccc(C(=O)N2CCCN2C(=O)c2cc(C(C)(C)C)nn2C)c1. The highest BCUT2D eigenvalue weighted by atomic mass is 16.2. The molecular formula is C21H27N5O3. The fourth-order valence-electron chi connectivity index (χ4n) is 3.28. The normalized spacial score (nSPS) is 14.2. The van der Waals surface area contributed by atoms with Gasteiger partial charge in [0.1, 0.15) is 5.69 Å². The van der Waals surface area contributed by atoms with Crippen molar-refractivity contribution >= 4 is 23.4 Å². The molecule has 0 saturated carbocycles. The van der Waals surface area contributed by atoms with Crippen LogP contribution in [0.4, 0.5) is 5.69 Å². The Labute approximate surface area is 170 Å². The zero-order valence-corrected chi connectivity index (χ0v) is 17.5. The van der Waals surface area contributed by atoms with Gasteiger partial charge in [0.15, 0.2) is 0 Å². The average molecular weight is 397 g/mol. The fraction of sp³-hybridized carbons (Fsp3) is 0.429. The van der Waals surface area contributed by atoms with Crippen LogP contribution in [0.25, 0.3) is 0 Å². The first-order chi connectivity index (χ1) is 13.6. The summed E-state index contributed by atoms with van der Waals surface area (Å²) in [5.41, 5.74) is 2.05. The number of carbonyl (C=O) groups excluding carboxylic acids is 3. The molecule has 1 aliphatic rings. The Morgan fingerprint density at radius 1 is 1.03 bits per heavy atom. The molecule has 1 N–H and O–H groups in total. The maximum absolute atomic E-state index is 13.2. The van der Waals surface area contributed by atoms with Crippen molar-refractivity contribution in [3.8, 4) is 0 Å². The van der Waals surface area contributed by atoms with E-state index in [1.165, 1.54) is 16.9 Å². The first-order valence-corrected chi connectivity index (χ1v) is 9.64. The number of aryl methyl sites for hydroxylation is 1. The van der Waals surface area contributed by atoms with Crippen molar-refractivity contribution in [2.24, 2.45) is 7.05 Å². The second-order valence-corrected chi connectivity index (χ2v) is 8.26. The van der Waals surface area contributed by atoms with Crippen molar-refractivity contribution in [2.75, 3.05) is 18.4 Å². The fourth-order valence-corrected chi connectivity index (χ4v) is 3.28. The van der Waals surface area contributed by atoms with Crippen LogP contribution >= 0.6 is 0 Å². The van der Waals surface area contributed by atoms with Gasteiger partial charge in [-0.3, -0.25) is 19.1 Å². The molecule has 0 aliphatic carbocycles. The van der Waals surface area contributed by atoms with Crippen molar-refractivity contribution in [1.29, 1.82) is 0 Å². The number of nitrogens with one attached hydrogen (secondary N) is 1. The van der Waals surface area contributed by atoms with Crippen molar-refractivity contribution in [2.45, 2.75) is 39.5 Å². The number of aromatic nitrogens is 2. The smallest absolute Gasteiger partial charge is 0.290 e. The van der Waals surface area contributed by atoms with E-state index in [-0.39, 0.29) is 23.1 Å². The number of hydrogen-bond donors (Lipinski definition) is 1. The van der Waals surface area contributed by atoms with E-state index in [0.29, 0.717) is 36.5 Å². The number of rotatable bonds is 3. The molecule has 2 heterocycles. The number of carbonyl (C=O) groups is 3. The summed E-state index contributed by atoms with van der Waals surface area (Å²) in [6.45, 7) is 8.45. The summed E-state index contributed by atoms with van der Waals surface area (Å²) in [7, 11) is 1.74. The van der Waals surface area contributed by atoms with Crippen LogP contribution in [0.15, 0.2) is 30.3 Å². The topological polar surface area (TPSA) is 87.5 Å². The Balaban J connectivity index is 1.85. The lowest BCUT2D eigenvalue weighted by Crippen LogP contribution is -2.45. The molecule has 0 atom stereocenters. The zero-order valence-electron chi connectivity index (χ0n) is 17.5. The summed E-state index contributed by atoms with van der Waals surface area (Å²) in [6.07, 6.45) is 0.701. The molecule has 8 heteroatoms. The van der Waals surface area contributed by atoms with E-state index >= 15 is 0 Å². The molecule has 0 unspecified atom stereocenters. The number of anilines is 1. The van der Waals surface area contributed by atoms with Crippen molar-refractivity contribution < 1.29 is 14.4 Å². The third-order valence-electron chi connectivity index (χ3n) is 4.80. The number of hydrogen-bond acceptors (Lipinski definition) is 4. The summed E-state index contributed by atoms with van der Waals surface area (Å²) >= 11 is 0. The van der Waals surface area contributed by atoms with Gasteiger partial charge in [-0.15, -0.1) is 0 Å². The Bertz CT molecular complexity index is 957. The lowest BCUT2D eigenvalue weighted by molar-refractivity contribution is -0.114. The molecule has 2 aromatic rings. The van der Waals surface area contributed by atoms with Crippen LogP contribution < -0.4 is 5.32 Å². The molecule has 3 amide bonds. The van der Waals surface area contributed by atoms with Gasteiger partial charge in [0.05, 0.1) is 5.69 Å². The molecule has 8 nitrogen and oxygen atoms in total. The zero-order chi connectivity index (χ0) is 21.3. The molecule has 0 radical (unpaired) electrons. The van der Waals surface area contributed by atoms with Gasteiger partial charge in [-0.2, -0.15) is 5.10 Å². The highest BCUT2D eigenvalue weighted by molar-refractivity contribution is 6.00. The van der Waals surface area contributed by atoms with E-state index in [1.54, 1.807) is 42.1 Å². The highest BCUT2D eigenvalue weighted by Gasteiger charge is 2.34.